The number of halogens is 1. The molecule has 3 N–H and O–H groups in total. The molecular formula is C26H37IN6O7Pd. The monoisotopic (exact) mass is 778 g/mol. The van der Waals surface area contributed by atoms with Gasteiger partial charge in [-0.05, 0) is 29.0 Å². The van der Waals surface area contributed by atoms with Gasteiger partial charge in [-0.25, -0.2) is 14.4 Å². The molecule has 0 atom stereocenters. The molecule has 0 aliphatic carbocycles. The molecule has 3 heterocycles. The summed E-state index contributed by atoms with van der Waals surface area (Å²) in [6.07, 6.45) is 11.4. The number of hydrogen-bond donors (Lipinski definition) is 3. The molecule has 0 aliphatic rings. The second kappa shape index (κ2) is 23.1. The molecule has 0 spiro atoms. The van der Waals surface area contributed by atoms with Crippen LogP contribution in [0.4, 0.5) is 0 Å². The SMILES string of the molecule is C.C#CCC.CCC#Cc1cn(C)c(=O)[nH]c1=O.CCc1cn(C)c(=O)[nH]c1=O.Cn1cc(I)c(=O)[nH]c1=O.[HH].[O]=[Pd]. The van der Waals surface area contributed by atoms with E-state index in [1.54, 1.807) is 27.3 Å². The normalized spacial score (nSPS) is 8.59. The van der Waals surface area contributed by atoms with Crippen LogP contribution in [0.2, 0.25) is 0 Å². The summed E-state index contributed by atoms with van der Waals surface area (Å²) in [5.41, 5.74) is -1.26. The first-order chi connectivity index (χ1) is 18.8. The number of rotatable bonds is 1. The van der Waals surface area contributed by atoms with E-state index in [1.807, 2.05) is 43.4 Å². The van der Waals surface area contributed by atoms with Crippen LogP contribution >= 0.6 is 22.6 Å². The predicted molar refractivity (Wildman–Crippen MR) is 165 cm³/mol. The number of aromatic nitrogens is 6. The third kappa shape index (κ3) is 16.3. The molecule has 0 radical (unpaired) electrons. The van der Waals surface area contributed by atoms with Gasteiger partial charge < -0.3 is 13.7 Å². The van der Waals surface area contributed by atoms with E-state index in [9.17, 15) is 28.8 Å². The molecule has 3 aromatic rings. The number of nitrogens with zero attached hydrogens (tertiary/aromatic N) is 3. The van der Waals surface area contributed by atoms with Crippen molar-refractivity contribution in [3.63, 3.8) is 0 Å². The summed E-state index contributed by atoms with van der Waals surface area (Å²) in [5.74, 6) is 7.87. The number of H-pyrrole nitrogens is 3. The van der Waals surface area contributed by atoms with Crippen molar-refractivity contribution in [1.29, 1.82) is 0 Å². The Labute approximate surface area is 262 Å². The predicted octanol–water partition coefficient (Wildman–Crippen LogP) is 0.940. The van der Waals surface area contributed by atoms with Crippen LogP contribution in [0.25, 0.3) is 0 Å². The third-order valence-corrected chi connectivity index (χ3v) is 5.11. The van der Waals surface area contributed by atoms with Crippen molar-refractivity contribution >= 4 is 22.6 Å². The Hall–Kier alpha value is -3.65. The zero-order valence-electron chi connectivity index (χ0n) is 22.8. The summed E-state index contributed by atoms with van der Waals surface area (Å²) in [6, 6.07) is 0. The second-order valence-corrected chi connectivity index (χ2v) is 8.51. The van der Waals surface area contributed by atoms with Gasteiger partial charge in [0.1, 0.15) is 5.56 Å². The summed E-state index contributed by atoms with van der Waals surface area (Å²) < 4.78 is 12.6. The first-order valence-corrected chi connectivity index (χ1v) is 13.1. The molecule has 0 unspecified atom stereocenters. The maximum absolute atomic E-state index is 11.1. The average Bonchev–Trinajstić information content (AvgIpc) is 2.93. The molecule has 15 heteroatoms. The van der Waals surface area contributed by atoms with Gasteiger partial charge in [0, 0.05) is 59.6 Å². The molecule has 0 amide bonds. The molecule has 0 aromatic carbocycles. The number of terminal acetylenes is 1. The van der Waals surface area contributed by atoms with Crippen LogP contribution < -0.4 is 33.7 Å². The molecule has 0 saturated heterocycles. The number of hydrogen-bond acceptors (Lipinski definition) is 7. The Balaban J connectivity index is -0.000000232. The summed E-state index contributed by atoms with van der Waals surface area (Å²) in [4.78, 5) is 71.8. The molecule has 0 aliphatic heterocycles. The molecule has 0 bridgehead atoms. The Morgan fingerprint density at radius 3 is 1.61 bits per heavy atom. The minimum atomic E-state index is -0.427. The van der Waals surface area contributed by atoms with Crippen molar-refractivity contribution in [3.05, 3.63) is 95.8 Å². The van der Waals surface area contributed by atoms with Gasteiger partial charge in [-0.1, -0.05) is 40.0 Å². The van der Waals surface area contributed by atoms with Gasteiger partial charge in [0.2, 0.25) is 0 Å². The van der Waals surface area contributed by atoms with E-state index in [-0.39, 0.29) is 31.4 Å². The van der Waals surface area contributed by atoms with Crippen LogP contribution in [-0.2, 0) is 50.2 Å². The first-order valence-electron chi connectivity index (χ1n) is 11.4. The van der Waals surface area contributed by atoms with Crippen LogP contribution in [0.1, 0.15) is 53.6 Å². The second-order valence-electron chi connectivity index (χ2n) is 7.35. The van der Waals surface area contributed by atoms with E-state index in [4.69, 9.17) is 9.89 Å². The van der Waals surface area contributed by atoms with E-state index < -0.39 is 11.2 Å². The molecule has 3 rings (SSSR count). The summed E-state index contributed by atoms with van der Waals surface area (Å²) in [7, 11) is 4.76. The zero-order chi connectivity index (χ0) is 31.4. The van der Waals surface area contributed by atoms with E-state index in [0.29, 0.717) is 27.5 Å². The average molecular weight is 779 g/mol. The van der Waals surface area contributed by atoms with Gasteiger partial charge in [-0.2, -0.15) is 0 Å². The fourth-order valence-electron chi connectivity index (χ4n) is 2.24. The minimum absolute atomic E-state index is 0. The molecule has 0 fully saturated rings. The zero-order valence-corrected chi connectivity index (χ0v) is 26.5. The number of aryl methyl sites for hydroxylation is 4. The molecule has 0 saturated carbocycles. The quantitative estimate of drug-likeness (QED) is 0.187. The van der Waals surface area contributed by atoms with Gasteiger partial charge in [0.15, 0.2) is 0 Å². The Morgan fingerprint density at radius 2 is 1.20 bits per heavy atom. The molecule has 41 heavy (non-hydrogen) atoms. The molecular weight excluding hydrogens is 742 g/mol. The van der Waals surface area contributed by atoms with Gasteiger partial charge in [0.05, 0.1) is 3.57 Å². The van der Waals surface area contributed by atoms with Crippen LogP contribution in [0, 0.1) is 27.8 Å². The van der Waals surface area contributed by atoms with Crippen LogP contribution in [0.3, 0.4) is 0 Å². The summed E-state index contributed by atoms with van der Waals surface area (Å²) in [5, 5.41) is 0. The van der Waals surface area contributed by atoms with E-state index in [0.717, 1.165) is 6.42 Å². The number of aromatic amines is 3. The van der Waals surface area contributed by atoms with Gasteiger partial charge in [-0.15, -0.1) is 12.3 Å². The third-order valence-electron chi connectivity index (χ3n) is 4.34. The van der Waals surface area contributed by atoms with E-state index >= 15 is 0 Å². The van der Waals surface area contributed by atoms with Gasteiger partial charge in [-0.3, -0.25) is 29.3 Å². The van der Waals surface area contributed by atoms with Crippen molar-refractivity contribution in [3.8, 4) is 24.2 Å². The van der Waals surface area contributed by atoms with E-state index in [2.05, 4.69) is 32.7 Å². The topological polar surface area (TPSA) is 182 Å². The van der Waals surface area contributed by atoms with Crippen LogP contribution in [-0.4, -0.2) is 28.7 Å². The Kier molecular flexibility index (Phi) is 23.6. The summed E-state index contributed by atoms with van der Waals surface area (Å²) >= 11 is 3.36. The van der Waals surface area contributed by atoms with Crippen molar-refractivity contribution in [1.82, 2.24) is 28.7 Å². The fourth-order valence-corrected chi connectivity index (χ4v) is 2.79. The molecule has 3 aromatic heterocycles. The van der Waals surface area contributed by atoms with Crippen molar-refractivity contribution in [2.45, 2.75) is 47.5 Å². The van der Waals surface area contributed by atoms with Crippen LogP contribution in [0.5, 0.6) is 0 Å². The molecule has 13 nitrogen and oxygen atoms in total. The van der Waals surface area contributed by atoms with Crippen molar-refractivity contribution < 1.29 is 24.1 Å². The Bertz CT molecular complexity index is 1670. The first kappa shape index (κ1) is 41.8. The number of nitrogens with one attached hydrogen (secondary N) is 3. The van der Waals surface area contributed by atoms with Crippen molar-refractivity contribution in [2.24, 2.45) is 21.1 Å². The standard InChI is InChI=1S/C9H10N2O2.C7H10N2O2.C5H5IN2O2.C4H6.CH4.O.Pd.H2/c1-3-4-5-7-6-11(2)9(13)10-8(7)12;1-3-5-4-9(2)7(11)8-6(5)10;1-8-2-3(6)4(9)7-5(8)10;1-3-4-2;;;;/h6H,3H2,1-2H3,(H,10,12,13);4H,3H2,1-2H3,(H,8,10,11);2H,1H3,(H,7,9,10);1H,4H2,2H3;1H4;;;1H. The van der Waals surface area contributed by atoms with Gasteiger partial charge >= 0.3 is 39.7 Å². The molecule has 230 valence electrons. The fraction of sp³-hybridized carbons (Fsp3) is 0.385. The maximum atomic E-state index is 11.1. The summed E-state index contributed by atoms with van der Waals surface area (Å²) in [6.45, 7) is 5.71. The van der Waals surface area contributed by atoms with Gasteiger partial charge in [0.25, 0.3) is 16.7 Å². The van der Waals surface area contributed by atoms with Crippen molar-refractivity contribution in [2.75, 3.05) is 0 Å². The van der Waals surface area contributed by atoms with Crippen LogP contribution in [0.15, 0.2) is 47.4 Å². The van der Waals surface area contributed by atoms with E-state index in [1.165, 1.54) is 45.3 Å². The Morgan fingerprint density at radius 1 is 0.780 bits per heavy atom.